The number of benzene rings is 1. The SMILES string of the molecule is CC(C)[C@H]1COC2CCN(c3ccccc3)C[C@H]3CCC(=O)N1C23. The maximum atomic E-state index is 12.7. The minimum absolute atomic E-state index is 0.197. The maximum absolute atomic E-state index is 12.7. The first-order valence-electron chi connectivity index (χ1n) is 9.38. The van der Waals surface area contributed by atoms with Crippen LogP contribution in [0.15, 0.2) is 30.3 Å². The van der Waals surface area contributed by atoms with Crippen molar-refractivity contribution in [3.8, 4) is 0 Å². The number of para-hydroxylation sites is 1. The predicted molar refractivity (Wildman–Crippen MR) is 95.0 cm³/mol. The molecule has 3 saturated heterocycles. The Balaban J connectivity index is 1.63. The third kappa shape index (κ3) is 2.71. The van der Waals surface area contributed by atoms with E-state index in [1.54, 1.807) is 0 Å². The van der Waals surface area contributed by atoms with Gasteiger partial charge in [-0.25, -0.2) is 0 Å². The molecule has 1 amide bonds. The van der Waals surface area contributed by atoms with Crippen molar-refractivity contribution in [1.82, 2.24) is 4.90 Å². The van der Waals surface area contributed by atoms with Gasteiger partial charge in [0, 0.05) is 25.2 Å². The predicted octanol–water partition coefficient (Wildman–Crippen LogP) is 2.93. The number of morpholine rings is 1. The number of anilines is 1. The van der Waals surface area contributed by atoms with E-state index in [-0.39, 0.29) is 18.2 Å². The first kappa shape index (κ1) is 15.9. The zero-order chi connectivity index (χ0) is 16.7. The van der Waals surface area contributed by atoms with Crippen molar-refractivity contribution in [3.63, 3.8) is 0 Å². The van der Waals surface area contributed by atoms with E-state index < -0.39 is 0 Å². The molecule has 0 spiro atoms. The average molecular weight is 328 g/mol. The van der Waals surface area contributed by atoms with Crippen molar-refractivity contribution in [2.24, 2.45) is 11.8 Å². The van der Waals surface area contributed by atoms with Gasteiger partial charge in [0.05, 0.1) is 24.8 Å². The van der Waals surface area contributed by atoms with Gasteiger partial charge in [0.2, 0.25) is 5.91 Å². The van der Waals surface area contributed by atoms with Crippen LogP contribution in [0, 0.1) is 11.8 Å². The van der Waals surface area contributed by atoms with Gasteiger partial charge in [-0.05, 0) is 36.8 Å². The Morgan fingerprint density at radius 1 is 1.17 bits per heavy atom. The third-order valence-electron chi connectivity index (χ3n) is 6.07. The molecule has 4 atom stereocenters. The molecule has 0 bridgehead atoms. The summed E-state index contributed by atoms with van der Waals surface area (Å²) in [6.45, 7) is 7.15. The molecule has 4 nitrogen and oxygen atoms in total. The van der Waals surface area contributed by atoms with Crippen molar-refractivity contribution < 1.29 is 9.53 Å². The van der Waals surface area contributed by atoms with Gasteiger partial charge in [-0.3, -0.25) is 4.79 Å². The highest BCUT2D eigenvalue weighted by atomic mass is 16.5. The van der Waals surface area contributed by atoms with E-state index in [2.05, 4.69) is 54.0 Å². The van der Waals surface area contributed by atoms with Gasteiger partial charge in [0.1, 0.15) is 0 Å². The third-order valence-corrected chi connectivity index (χ3v) is 6.07. The summed E-state index contributed by atoms with van der Waals surface area (Å²) in [5.41, 5.74) is 1.29. The van der Waals surface area contributed by atoms with Crippen LogP contribution in [0.25, 0.3) is 0 Å². The molecule has 3 fully saturated rings. The standard InChI is InChI=1S/C20H28N2O2/c1-14(2)17-13-24-18-10-11-21(16-6-4-3-5-7-16)12-15-8-9-19(23)22(17)20(15)18/h3-7,14-15,17-18,20H,8-13H2,1-2H3/t15-,17-,18?,20?/m1/s1. The second-order valence-electron chi connectivity index (χ2n) is 7.84. The number of rotatable bonds is 2. The van der Waals surface area contributed by atoms with Crippen LogP contribution < -0.4 is 4.90 Å². The van der Waals surface area contributed by atoms with Crippen molar-refractivity contribution in [2.45, 2.75) is 51.3 Å². The molecule has 0 radical (unpaired) electrons. The summed E-state index contributed by atoms with van der Waals surface area (Å²) < 4.78 is 6.28. The number of ether oxygens (including phenoxy) is 1. The lowest BCUT2D eigenvalue weighted by atomic mass is 9.81. The number of nitrogens with zero attached hydrogens (tertiary/aromatic N) is 2. The Hall–Kier alpha value is -1.55. The minimum atomic E-state index is 0.197. The fourth-order valence-corrected chi connectivity index (χ4v) is 4.79. The monoisotopic (exact) mass is 328 g/mol. The summed E-state index contributed by atoms with van der Waals surface area (Å²) in [7, 11) is 0. The molecular weight excluding hydrogens is 300 g/mol. The van der Waals surface area contributed by atoms with Crippen LogP contribution >= 0.6 is 0 Å². The van der Waals surface area contributed by atoms with E-state index in [4.69, 9.17) is 4.74 Å². The molecular formula is C20H28N2O2. The molecule has 1 aromatic rings. The molecule has 130 valence electrons. The Bertz CT molecular complexity index is 589. The van der Waals surface area contributed by atoms with E-state index in [0.717, 1.165) is 25.9 Å². The summed E-state index contributed by atoms with van der Waals surface area (Å²) in [6, 6.07) is 11.2. The number of hydrogen-bond acceptors (Lipinski definition) is 3. The molecule has 0 aromatic heterocycles. The van der Waals surface area contributed by atoms with E-state index in [1.807, 2.05) is 0 Å². The second kappa shape index (κ2) is 6.40. The molecule has 2 unspecified atom stereocenters. The molecule has 0 aliphatic carbocycles. The first-order valence-corrected chi connectivity index (χ1v) is 9.38. The molecule has 0 saturated carbocycles. The molecule has 4 rings (SSSR count). The Morgan fingerprint density at radius 2 is 1.96 bits per heavy atom. The van der Waals surface area contributed by atoms with Crippen molar-refractivity contribution in [3.05, 3.63) is 30.3 Å². The van der Waals surface area contributed by atoms with Crippen molar-refractivity contribution in [2.75, 3.05) is 24.6 Å². The van der Waals surface area contributed by atoms with Crippen LogP contribution in [0.3, 0.4) is 0 Å². The normalized spacial score (nSPS) is 33.4. The maximum Gasteiger partial charge on any atom is 0.223 e. The Morgan fingerprint density at radius 3 is 2.71 bits per heavy atom. The van der Waals surface area contributed by atoms with E-state index in [9.17, 15) is 4.79 Å². The number of hydrogen-bond donors (Lipinski definition) is 0. The topological polar surface area (TPSA) is 32.8 Å². The minimum Gasteiger partial charge on any atom is -0.374 e. The van der Waals surface area contributed by atoms with E-state index >= 15 is 0 Å². The van der Waals surface area contributed by atoms with Crippen LogP contribution in [0.4, 0.5) is 5.69 Å². The van der Waals surface area contributed by atoms with Gasteiger partial charge in [-0.2, -0.15) is 0 Å². The van der Waals surface area contributed by atoms with Crippen molar-refractivity contribution >= 4 is 11.6 Å². The number of piperidine rings is 1. The lowest BCUT2D eigenvalue weighted by Gasteiger charge is -2.52. The second-order valence-corrected chi connectivity index (χ2v) is 7.84. The highest BCUT2D eigenvalue weighted by Gasteiger charge is 2.49. The number of carbonyl (C=O) groups is 1. The molecule has 24 heavy (non-hydrogen) atoms. The summed E-state index contributed by atoms with van der Waals surface area (Å²) in [5, 5.41) is 0. The quantitative estimate of drug-likeness (QED) is 0.837. The summed E-state index contributed by atoms with van der Waals surface area (Å²) in [6.07, 6.45) is 2.89. The van der Waals surface area contributed by atoms with Crippen molar-refractivity contribution in [1.29, 1.82) is 0 Å². The molecule has 1 aromatic carbocycles. The van der Waals surface area contributed by atoms with Gasteiger partial charge < -0.3 is 14.5 Å². The zero-order valence-corrected chi connectivity index (χ0v) is 14.7. The first-order chi connectivity index (χ1) is 11.6. The Labute approximate surface area is 144 Å². The fourth-order valence-electron chi connectivity index (χ4n) is 4.79. The highest BCUT2D eigenvalue weighted by Crippen LogP contribution is 2.39. The van der Waals surface area contributed by atoms with Crippen LogP contribution in [-0.2, 0) is 9.53 Å². The largest absolute Gasteiger partial charge is 0.374 e. The Kier molecular flexibility index (Phi) is 4.25. The van der Waals surface area contributed by atoms with Gasteiger partial charge in [0.25, 0.3) is 0 Å². The summed E-state index contributed by atoms with van der Waals surface area (Å²) in [4.78, 5) is 17.4. The molecule has 3 aliphatic heterocycles. The number of amides is 1. The number of carbonyl (C=O) groups excluding carboxylic acids is 1. The summed E-state index contributed by atoms with van der Waals surface area (Å²) in [5.74, 6) is 1.30. The molecule has 3 heterocycles. The summed E-state index contributed by atoms with van der Waals surface area (Å²) >= 11 is 0. The van der Waals surface area contributed by atoms with Crippen LogP contribution in [-0.4, -0.2) is 48.7 Å². The highest BCUT2D eigenvalue weighted by molar-refractivity contribution is 5.78. The molecule has 0 N–H and O–H groups in total. The van der Waals surface area contributed by atoms with Crippen LogP contribution in [0.1, 0.15) is 33.1 Å². The molecule has 3 aliphatic rings. The lowest BCUT2D eigenvalue weighted by Crippen LogP contribution is -2.65. The average Bonchev–Trinajstić information content (AvgIpc) is 2.79. The van der Waals surface area contributed by atoms with Gasteiger partial charge in [-0.15, -0.1) is 0 Å². The van der Waals surface area contributed by atoms with Crippen LogP contribution in [0.5, 0.6) is 0 Å². The van der Waals surface area contributed by atoms with E-state index in [1.165, 1.54) is 5.69 Å². The fraction of sp³-hybridized carbons (Fsp3) is 0.650. The van der Waals surface area contributed by atoms with Gasteiger partial charge in [0.15, 0.2) is 0 Å². The van der Waals surface area contributed by atoms with E-state index in [0.29, 0.717) is 30.8 Å². The lowest BCUT2D eigenvalue weighted by molar-refractivity contribution is -0.172. The smallest absolute Gasteiger partial charge is 0.223 e. The van der Waals surface area contributed by atoms with Gasteiger partial charge >= 0.3 is 0 Å². The zero-order valence-electron chi connectivity index (χ0n) is 14.7. The molecule has 4 heteroatoms. The van der Waals surface area contributed by atoms with Crippen LogP contribution in [0.2, 0.25) is 0 Å². The van der Waals surface area contributed by atoms with Gasteiger partial charge in [-0.1, -0.05) is 32.0 Å².